The van der Waals surface area contributed by atoms with Crippen molar-refractivity contribution in [2.75, 3.05) is 20.2 Å². The largest absolute Gasteiger partial charge is 0.492 e. The number of nitrogens with one attached hydrogen (secondary N) is 3. The number of esters is 1. The molecule has 0 bridgehead atoms. The third-order valence-corrected chi connectivity index (χ3v) is 12.8. The Hall–Kier alpha value is -5.46. The Morgan fingerprint density at radius 2 is 1.69 bits per heavy atom. The van der Waals surface area contributed by atoms with Crippen LogP contribution < -0.4 is 15.8 Å². The van der Waals surface area contributed by atoms with Crippen molar-refractivity contribution in [2.24, 2.45) is 17.8 Å². The number of hydrogen-bond acceptors (Lipinski definition) is 8. The predicted octanol–water partition coefficient (Wildman–Crippen LogP) is 5.66. The van der Waals surface area contributed by atoms with Crippen molar-refractivity contribution < 1.29 is 28.7 Å². The number of hydrogen-bond donors (Lipinski definition) is 3. The molecule has 3 aliphatic heterocycles. The summed E-state index contributed by atoms with van der Waals surface area (Å²) >= 11 is 0. The summed E-state index contributed by atoms with van der Waals surface area (Å²) in [6.45, 7) is 11.6. The number of likely N-dealkylation sites (tertiary alicyclic amines) is 2. The molecule has 2 aromatic heterocycles. The average Bonchev–Trinajstić information content (AvgIpc) is 4.07. The van der Waals surface area contributed by atoms with E-state index in [0.717, 1.165) is 94.2 Å². The van der Waals surface area contributed by atoms with Gasteiger partial charge < -0.3 is 34.6 Å². The number of H-pyrrole nitrogens is 2. The van der Waals surface area contributed by atoms with E-state index in [4.69, 9.17) is 19.4 Å². The number of nitrogens with zero attached hydrogens (tertiary/aromatic N) is 4. The second-order valence-electron chi connectivity index (χ2n) is 17.3. The summed E-state index contributed by atoms with van der Waals surface area (Å²) in [6, 6.07) is 9.76. The van der Waals surface area contributed by atoms with Gasteiger partial charge in [-0.25, -0.2) is 9.97 Å². The maximum Gasteiger partial charge on any atom is 0.306 e. The molecule has 5 atom stereocenters. The number of carbonyl (C=O) groups is 4. The van der Waals surface area contributed by atoms with E-state index in [1.54, 1.807) is 0 Å². The fourth-order valence-corrected chi connectivity index (χ4v) is 9.60. The first kappa shape index (κ1) is 40.3. The van der Waals surface area contributed by atoms with E-state index in [1.807, 2.05) is 50.6 Å². The van der Waals surface area contributed by atoms with Gasteiger partial charge >= 0.3 is 5.97 Å². The molecule has 0 spiro atoms. The fraction of sp³-hybridized carbons (Fsp3) is 0.522. The monoisotopic (exact) mass is 803 g/mol. The molecule has 8 rings (SSSR count). The van der Waals surface area contributed by atoms with E-state index in [-0.39, 0.29) is 59.9 Å². The molecule has 0 radical (unpaired) electrons. The fourth-order valence-electron chi connectivity index (χ4n) is 9.60. The van der Waals surface area contributed by atoms with Crippen LogP contribution >= 0.6 is 0 Å². The van der Waals surface area contributed by atoms with Crippen molar-refractivity contribution >= 4 is 46.6 Å². The predicted molar refractivity (Wildman–Crippen MR) is 223 cm³/mol. The van der Waals surface area contributed by atoms with Crippen molar-refractivity contribution in [1.29, 1.82) is 0 Å². The van der Waals surface area contributed by atoms with Crippen molar-refractivity contribution in [3.63, 3.8) is 0 Å². The molecule has 5 unspecified atom stereocenters. The van der Waals surface area contributed by atoms with Gasteiger partial charge in [0.1, 0.15) is 30.1 Å². The highest BCUT2D eigenvalue weighted by atomic mass is 16.5. The Bertz CT molecular complexity index is 2400. The minimum atomic E-state index is -0.572. The average molecular weight is 804 g/mol. The summed E-state index contributed by atoms with van der Waals surface area (Å²) in [5, 5.41) is 5.09. The summed E-state index contributed by atoms with van der Waals surface area (Å²) in [7, 11) is 1.36. The van der Waals surface area contributed by atoms with Crippen LogP contribution in [0.3, 0.4) is 0 Å². The van der Waals surface area contributed by atoms with E-state index in [0.29, 0.717) is 26.1 Å². The van der Waals surface area contributed by atoms with E-state index < -0.39 is 12.0 Å². The van der Waals surface area contributed by atoms with Crippen LogP contribution in [0.25, 0.3) is 34.1 Å². The smallest absolute Gasteiger partial charge is 0.306 e. The molecule has 13 nitrogen and oxygen atoms in total. The summed E-state index contributed by atoms with van der Waals surface area (Å²) < 4.78 is 11.5. The van der Waals surface area contributed by atoms with Gasteiger partial charge in [-0.2, -0.15) is 0 Å². The number of amides is 3. The molecule has 59 heavy (non-hydrogen) atoms. The van der Waals surface area contributed by atoms with Crippen LogP contribution in [0.15, 0.2) is 36.5 Å². The topological polar surface area (TPSA) is 163 Å². The Morgan fingerprint density at radius 3 is 2.41 bits per heavy atom. The van der Waals surface area contributed by atoms with Crippen LogP contribution in [0.1, 0.15) is 127 Å². The molecular formula is C46H57N7O6. The number of aromatic nitrogens is 4. The number of methoxy groups -OCH3 is 1. The zero-order valence-corrected chi connectivity index (χ0v) is 35.1. The molecule has 1 aliphatic carbocycles. The first-order valence-electron chi connectivity index (χ1n) is 21.5. The Labute approximate surface area is 345 Å². The van der Waals surface area contributed by atoms with Gasteiger partial charge in [0, 0.05) is 35.9 Å². The quantitative estimate of drug-likeness (QED) is 0.155. The zero-order valence-electron chi connectivity index (χ0n) is 35.1. The first-order valence-corrected chi connectivity index (χ1v) is 21.5. The third-order valence-electron chi connectivity index (χ3n) is 12.8. The van der Waals surface area contributed by atoms with E-state index in [1.165, 1.54) is 12.7 Å². The lowest BCUT2D eigenvalue weighted by atomic mass is 9.83. The van der Waals surface area contributed by atoms with Gasteiger partial charge in [0.25, 0.3) is 0 Å². The van der Waals surface area contributed by atoms with Gasteiger partial charge in [-0.3, -0.25) is 19.2 Å². The second kappa shape index (κ2) is 16.7. The molecular weight excluding hydrogens is 747 g/mol. The molecule has 2 saturated heterocycles. The molecule has 3 N–H and O–H groups in total. The standard InChI is InChI=1S/C46H57N7O6/c1-7-10-38(54)50-40(26(4)5)46(57)53-20-9-12-37(53)44-48-34-18-17-32-30(41(34)51-44)15-16-31-29-14-13-27(21-28(29)24-59-42(31)32)35-23-47-43(49-35)36-11-8-19-52(36)45(56)33(25(2)3)22-39(55)58-6/h13-15,17-18,21,23,25-26,31,33,36-37,40H,7-12,16,19-20,22,24H2,1-6H3,(H,47,49)(H,48,51)(H,50,54). The Balaban J connectivity index is 1.01. The van der Waals surface area contributed by atoms with E-state index in [9.17, 15) is 19.2 Å². The van der Waals surface area contributed by atoms with Crippen LogP contribution in [-0.4, -0.2) is 79.7 Å². The van der Waals surface area contributed by atoms with Crippen LogP contribution in [0.2, 0.25) is 0 Å². The van der Waals surface area contributed by atoms with Gasteiger partial charge in [0.05, 0.1) is 54.5 Å². The van der Waals surface area contributed by atoms with Crippen LogP contribution in [-0.2, 0) is 35.3 Å². The number of benzene rings is 2. The third kappa shape index (κ3) is 7.64. The summed E-state index contributed by atoms with van der Waals surface area (Å²) in [5.74, 6) is 1.55. The minimum absolute atomic E-state index is 0.00222. The van der Waals surface area contributed by atoms with Gasteiger partial charge in [-0.15, -0.1) is 0 Å². The molecule has 13 heteroatoms. The van der Waals surface area contributed by atoms with Crippen LogP contribution in [0.5, 0.6) is 0 Å². The highest BCUT2D eigenvalue weighted by Crippen LogP contribution is 2.41. The second-order valence-corrected chi connectivity index (χ2v) is 17.3. The minimum Gasteiger partial charge on any atom is -0.492 e. The number of carbonyl (C=O) groups excluding carboxylic acids is 4. The molecule has 2 fully saturated rings. The number of ether oxygens (including phenoxy) is 2. The molecule has 4 aliphatic rings. The van der Waals surface area contributed by atoms with Crippen molar-refractivity contribution in [3.05, 3.63) is 69.7 Å². The van der Waals surface area contributed by atoms with Gasteiger partial charge in [0.15, 0.2) is 0 Å². The SMILES string of the molecule is CCCC(=O)NC(C(=O)N1CCCC1c1nc2c3c(ccc2[nH]1)=C1OCc2cc(-c4cnc(C5CCCN5C(=O)C(CC(=O)OC)C(C)C)[nH]4)ccc2C1CC=3)C(C)C. The maximum atomic E-state index is 13.9. The van der Waals surface area contributed by atoms with Crippen molar-refractivity contribution in [3.8, 4) is 11.3 Å². The Morgan fingerprint density at radius 1 is 0.949 bits per heavy atom. The van der Waals surface area contributed by atoms with Crippen molar-refractivity contribution in [1.82, 2.24) is 35.1 Å². The van der Waals surface area contributed by atoms with Gasteiger partial charge in [0.2, 0.25) is 17.7 Å². The zero-order chi connectivity index (χ0) is 41.5. The first-order chi connectivity index (χ1) is 28.5. The highest BCUT2D eigenvalue weighted by molar-refractivity contribution is 5.88. The Kier molecular flexibility index (Phi) is 11.4. The van der Waals surface area contributed by atoms with Crippen LogP contribution in [0, 0.1) is 17.8 Å². The lowest BCUT2D eigenvalue weighted by molar-refractivity contribution is -0.148. The van der Waals surface area contributed by atoms with Gasteiger partial charge in [-0.05, 0) is 85.3 Å². The number of fused-ring (bicyclic) bond motifs is 6. The molecule has 2 aromatic carbocycles. The molecule has 0 saturated carbocycles. The van der Waals surface area contributed by atoms with E-state index in [2.05, 4.69) is 51.7 Å². The summed E-state index contributed by atoms with van der Waals surface area (Å²) in [6.07, 6.45) is 9.45. The number of rotatable bonds is 12. The molecule has 5 heterocycles. The summed E-state index contributed by atoms with van der Waals surface area (Å²) in [5.41, 5.74) is 6.06. The lowest BCUT2D eigenvalue weighted by Crippen LogP contribution is -2.51. The lowest BCUT2D eigenvalue weighted by Gasteiger charge is -2.30. The van der Waals surface area contributed by atoms with Gasteiger partial charge in [-0.1, -0.05) is 52.8 Å². The van der Waals surface area contributed by atoms with Crippen molar-refractivity contribution in [2.45, 2.75) is 117 Å². The van der Waals surface area contributed by atoms with E-state index >= 15 is 0 Å². The molecule has 312 valence electrons. The van der Waals surface area contributed by atoms with Crippen LogP contribution in [0.4, 0.5) is 0 Å². The maximum absolute atomic E-state index is 13.9. The number of imidazole rings is 2. The molecule has 3 amide bonds. The highest BCUT2D eigenvalue weighted by Gasteiger charge is 2.39. The normalized spacial score (nSPS) is 20.8. The number of aromatic amines is 2. The summed E-state index contributed by atoms with van der Waals surface area (Å²) in [4.78, 5) is 73.0. The molecule has 4 aromatic rings.